The van der Waals surface area contributed by atoms with Crippen LogP contribution in [0.1, 0.15) is 42.9 Å². The molecular weight excluding hydrogens is 392 g/mol. The maximum atomic E-state index is 12.6. The zero-order valence-electron chi connectivity index (χ0n) is 18.1. The van der Waals surface area contributed by atoms with Crippen molar-refractivity contribution < 1.29 is 4.79 Å². The van der Waals surface area contributed by atoms with E-state index in [4.69, 9.17) is 0 Å². The maximum Gasteiger partial charge on any atom is 0.276 e. The number of hydrogen-bond acceptors (Lipinski definition) is 6. The molecule has 9 heteroatoms. The normalized spacial score (nSPS) is 12.3. The minimum atomic E-state index is -0.229. The Bertz CT molecular complexity index is 1210. The quantitative estimate of drug-likeness (QED) is 0.475. The molecule has 0 bridgehead atoms. The first-order chi connectivity index (χ1) is 14.9. The lowest BCUT2D eigenvalue weighted by atomic mass is 10.1. The first kappa shape index (κ1) is 20.5. The number of amides is 1. The second-order valence-corrected chi connectivity index (χ2v) is 7.99. The van der Waals surface area contributed by atoms with Crippen molar-refractivity contribution in [3.05, 3.63) is 60.2 Å². The van der Waals surface area contributed by atoms with E-state index in [1.54, 1.807) is 27.8 Å². The Morgan fingerprint density at radius 3 is 2.81 bits per heavy atom. The summed E-state index contributed by atoms with van der Waals surface area (Å²) in [6.07, 6.45) is 5.21. The van der Waals surface area contributed by atoms with E-state index in [1.165, 1.54) is 0 Å². The summed E-state index contributed by atoms with van der Waals surface area (Å²) in [5.74, 6) is 0.895. The molecule has 1 aromatic carbocycles. The third-order valence-corrected chi connectivity index (χ3v) is 4.88. The van der Waals surface area contributed by atoms with Crippen LogP contribution in [-0.2, 0) is 13.6 Å². The van der Waals surface area contributed by atoms with Gasteiger partial charge in [0.1, 0.15) is 11.3 Å². The lowest BCUT2D eigenvalue weighted by Gasteiger charge is -2.16. The molecule has 31 heavy (non-hydrogen) atoms. The fraction of sp³-hybridized carbons (Fsp3) is 0.318. The van der Waals surface area contributed by atoms with Crippen molar-refractivity contribution in [1.82, 2.24) is 29.5 Å². The Labute approximate surface area is 180 Å². The number of nitrogens with zero attached hydrogens (tertiary/aromatic N) is 6. The molecule has 160 valence electrons. The van der Waals surface area contributed by atoms with Gasteiger partial charge >= 0.3 is 0 Å². The molecule has 1 amide bonds. The Hall–Kier alpha value is -3.75. The highest BCUT2D eigenvalue weighted by atomic mass is 16.1. The molecule has 0 aliphatic rings. The lowest BCUT2D eigenvalue weighted by Crippen LogP contribution is -2.15. The van der Waals surface area contributed by atoms with Crippen LogP contribution in [0.15, 0.2) is 48.9 Å². The Balaban J connectivity index is 1.44. The van der Waals surface area contributed by atoms with Gasteiger partial charge in [-0.05, 0) is 36.6 Å². The minimum Gasteiger partial charge on any atom is -0.362 e. The summed E-state index contributed by atoms with van der Waals surface area (Å²) in [6.45, 7) is 7.04. The number of hydrogen-bond donors (Lipinski definition) is 2. The van der Waals surface area contributed by atoms with Crippen LogP contribution in [0.25, 0.3) is 11.2 Å². The smallest absolute Gasteiger partial charge is 0.276 e. The van der Waals surface area contributed by atoms with Gasteiger partial charge in [-0.3, -0.25) is 9.48 Å². The number of anilines is 2. The predicted molar refractivity (Wildman–Crippen MR) is 120 cm³/mol. The van der Waals surface area contributed by atoms with Crippen molar-refractivity contribution in [2.75, 3.05) is 10.6 Å². The van der Waals surface area contributed by atoms with Gasteiger partial charge < -0.3 is 10.6 Å². The third kappa shape index (κ3) is 4.71. The van der Waals surface area contributed by atoms with Gasteiger partial charge in [-0.1, -0.05) is 26.0 Å². The average Bonchev–Trinajstić information content (AvgIpc) is 3.35. The molecule has 3 aromatic heterocycles. The second kappa shape index (κ2) is 8.55. The molecule has 0 saturated carbocycles. The van der Waals surface area contributed by atoms with Gasteiger partial charge in [0.15, 0.2) is 11.3 Å². The highest BCUT2D eigenvalue weighted by Gasteiger charge is 2.13. The molecule has 4 rings (SSSR count). The number of carbonyl (C=O) groups excluding carboxylic acids is 1. The molecule has 0 saturated heterocycles. The first-order valence-electron chi connectivity index (χ1n) is 10.2. The van der Waals surface area contributed by atoms with Gasteiger partial charge in [-0.25, -0.2) is 14.6 Å². The fourth-order valence-corrected chi connectivity index (χ4v) is 3.33. The van der Waals surface area contributed by atoms with Gasteiger partial charge in [-0.15, -0.1) is 0 Å². The van der Waals surface area contributed by atoms with Crippen molar-refractivity contribution in [3.8, 4) is 0 Å². The van der Waals surface area contributed by atoms with Gasteiger partial charge in [0.25, 0.3) is 5.91 Å². The first-order valence-corrected chi connectivity index (χ1v) is 10.2. The van der Waals surface area contributed by atoms with Crippen LogP contribution in [0.3, 0.4) is 0 Å². The van der Waals surface area contributed by atoms with Gasteiger partial charge in [0, 0.05) is 25.5 Å². The van der Waals surface area contributed by atoms with Crippen LogP contribution in [0, 0.1) is 5.92 Å². The molecular formula is C22H26N8O. The Morgan fingerprint density at radius 2 is 2.00 bits per heavy atom. The number of aryl methyl sites for hydroxylation is 1. The van der Waals surface area contributed by atoms with Crippen molar-refractivity contribution >= 4 is 28.6 Å². The topological polar surface area (TPSA) is 103 Å². The van der Waals surface area contributed by atoms with Gasteiger partial charge in [0.05, 0.1) is 18.4 Å². The van der Waals surface area contributed by atoms with Crippen molar-refractivity contribution in [1.29, 1.82) is 0 Å². The average molecular weight is 419 g/mol. The number of carbonyl (C=O) groups is 1. The second-order valence-electron chi connectivity index (χ2n) is 7.99. The molecule has 3 heterocycles. The summed E-state index contributed by atoms with van der Waals surface area (Å²) in [5.41, 5.74) is 3.59. The number of nitrogens with one attached hydrogen (secondary N) is 2. The molecule has 0 radical (unpaired) electrons. The molecule has 0 fully saturated rings. The molecule has 1 atom stereocenters. The van der Waals surface area contributed by atoms with E-state index < -0.39 is 0 Å². The maximum absolute atomic E-state index is 12.6. The van der Waals surface area contributed by atoms with E-state index >= 15 is 0 Å². The van der Waals surface area contributed by atoms with Crippen molar-refractivity contribution in [2.24, 2.45) is 13.0 Å². The summed E-state index contributed by atoms with van der Waals surface area (Å²) in [4.78, 5) is 21.6. The molecule has 4 aromatic rings. The SMILES string of the molecule is CC(C)Cn1ccc(C(=O)Nc2cccc([C@H](C)Nc3cnc4cnn(C)c4n3)c2)n1. The van der Waals surface area contributed by atoms with Crippen LogP contribution >= 0.6 is 0 Å². The standard InChI is InChI=1S/C22H26N8O/c1-14(2)13-30-9-8-18(28-30)22(31)26-17-7-5-6-16(10-17)15(3)25-20-12-23-19-11-24-29(4)21(19)27-20/h5-12,14-15H,13H2,1-4H3,(H,25,27)(H,26,31)/t15-/m0/s1. The van der Waals surface area contributed by atoms with E-state index in [0.717, 1.165) is 23.3 Å². The summed E-state index contributed by atoms with van der Waals surface area (Å²) in [5, 5.41) is 14.8. The largest absolute Gasteiger partial charge is 0.362 e. The molecule has 0 aliphatic carbocycles. The summed E-state index contributed by atoms with van der Waals surface area (Å²) >= 11 is 0. The molecule has 0 spiro atoms. The summed E-state index contributed by atoms with van der Waals surface area (Å²) in [6, 6.07) is 9.41. The van der Waals surface area contributed by atoms with Crippen LogP contribution < -0.4 is 10.6 Å². The van der Waals surface area contributed by atoms with Crippen LogP contribution in [0.2, 0.25) is 0 Å². The highest BCUT2D eigenvalue weighted by molar-refractivity contribution is 6.02. The Kier molecular flexibility index (Phi) is 5.66. The monoisotopic (exact) mass is 418 g/mol. The highest BCUT2D eigenvalue weighted by Crippen LogP contribution is 2.22. The van der Waals surface area contributed by atoms with Crippen LogP contribution in [0.5, 0.6) is 0 Å². The van der Waals surface area contributed by atoms with Crippen molar-refractivity contribution in [3.63, 3.8) is 0 Å². The van der Waals surface area contributed by atoms with Crippen LogP contribution in [-0.4, -0.2) is 35.4 Å². The lowest BCUT2D eigenvalue weighted by molar-refractivity contribution is 0.102. The van der Waals surface area contributed by atoms with Crippen molar-refractivity contribution in [2.45, 2.75) is 33.4 Å². The molecule has 2 N–H and O–H groups in total. The predicted octanol–water partition coefficient (Wildman–Crippen LogP) is 3.64. The van der Waals surface area contributed by atoms with Gasteiger partial charge in [0.2, 0.25) is 0 Å². The number of aromatic nitrogens is 6. The number of benzene rings is 1. The molecule has 0 aliphatic heterocycles. The minimum absolute atomic E-state index is 0.0397. The van der Waals surface area contributed by atoms with Gasteiger partial charge in [-0.2, -0.15) is 10.2 Å². The zero-order valence-corrected chi connectivity index (χ0v) is 18.1. The zero-order chi connectivity index (χ0) is 22.0. The Morgan fingerprint density at radius 1 is 1.16 bits per heavy atom. The number of fused-ring (bicyclic) bond motifs is 1. The molecule has 0 unspecified atom stereocenters. The van der Waals surface area contributed by atoms with E-state index in [-0.39, 0.29) is 11.9 Å². The summed E-state index contributed by atoms with van der Waals surface area (Å²) < 4.78 is 3.49. The third-order valence-electron chi connectivity index (χ3n) is 4.88. The number of rotatable bonds is 7. The fourth-order valence-electron chi connectivity index (χ4n) is 3.33. The van der Waals surface area contributed by atoms with Crippen LogP contribution in [0.4, 0.5) is 11.5 Å². The molecule has 9 nitrogen and oxygen atoms in total. The summed E-state index contributed by atoms with van der Waals surface area (Å²) in [7, 11) is 1.84. The van der Waals surface area contributed by atoms with E-state index in [2.05, 4.69) is 44.6 Å². The van der Waals surface area contributed by atoms with E-state index in [9.17, 15) is 4.79 Å². The van der Waals surface area contributed by atoms with E-state index in [0.29, 0.717) is 23.1 Å². The van der Waals surface area contributed by atoms with E-state index in [1.807, 2.05) is 44.4 Å².